The largest absolute Gasteiger partial charge is 0.338 e. The molecule has 1 aliphatic heterocycles. The number of urea groups is 1. The normalized spacial score (nSPS) is 21.3. The van der Waals surface area contributed by atoms with Crippen molar-refractivity contribution in [1.82, 2.24) is 14.9 Å². The number of rotatable bonds is 4. The molecule has 0 aromatic heterocycles. The predicted molar refractivity (Wildman–Crippen MR) is 83.2 cm³/mol. The molecule has 0 radical (unpaired) electrons. The Morgan fingerprint density at radius 1 is 1.22 bits per heavy atom. The smallest absolute Gasteiger partial charge is 0.328 e. The molecule has 2 aliphatic rings. The zero-order chi connectivity index (χ0) is 16.6. The highest BCUT2D eigenvalue weighted by Gasteiger charge is 2.39. The van der Waals surface area contributed by atoms with Gasteiger partial charge in [-0.25, -0.2) is 17.9 Å². The second kappa shape index (κ2) is 5.84. The molecule has 1 saturated carbocycles. The average molecular weight is 337 g/mol. The molecule has 124 valence electrons. The van der Waals surface area contributed by atoms with Gasteiger partial charge in [-0.1, -0.05) is 17.7 Å². The molecule has 0 bridgehead atoms. The van der Waals surface area contributed by atoms with Crippen molar-refractivity contribution < 1.29 is 18.0 Å². The van der Waals surface area contributed by atoms with Crippen LogP contribution in [0.5, 0.6) is 0 Å². The Kier molecular flexibility index (Phi) is 4.01. The van der Waals surface area contributed by atoms with E-state index >= 15 is 0 Å². The van der Waals surface area contributed by atoms with Crippen LogP contribution in [0.1, 0.15) is 24.8 Å². The van der Waals surface area contributed by atoms with Gasteiger partial charge in [-0.3, -0.25) is 4.79 Å². The van der Waals surface area contributed by atoms with Gasteiger partial charge in [-0.05, 0) is 31.9 Å². The van der Waals surface area contributed by atoms with Crippen molar-refractivity contribution in [3.63, 3.8) is 0 Å². The van der Waals surface area contributed by atoms with E-state index in [4.69, 9.17) is 0 Å². The first-order chi connectivity index (χ1) is 10.8. The Balaban J connectivity index is 1.58. The Labute approximate surface area is 135 Å². The first kappa shape index (κ1) is 15.8. The van der Waals surface area contributed by atoms with E-state index in [2.05, 4.69) is 5.32 Å². The van der Waals surface area contributed by atoms with E-state index in [-0.39, 0.29) is 23.3 Å². The maximum absolute atomic E-state index is 12.1. The third-order valence-corrected chi connectivity index (χ3v) is 5.39. The van der Waals surface area contributed by atoms with E-state index < -0.39 is 16.1 Å². The lowest BCUT2D eigenvalue weighted by Gasteiger charge is -2.16. The van der Waals surface area contributed by atoms with Gasteiger partial charge in [0.15, 0.2) is 0 Å². The second-order valence-corrected chi connectivity index (χ2v) is 7.75. The summed E-state index contributed by atoms with van der Waals surface area (Å²) < 4.78 is 26.2. The molecular formula is C15H19N3O4S. The number of carbonyl (C=O) groups excluding carboxylic acids is 2. The molecule has 1 aromatic carbocycles. The maximum atomic E-state index is 12.1. The molecule has 2 N–H and O–H groups in total. The Morgan fingerprint density at radius 2 is 1.87 bits per heavy atom. The van der Waals surface area contributed by atoms with Crippen molar-refractivity contribution in [2.24, 2.45) is 0 Å². The minimum Gasteiger partial charge on any atom is -0.338 e. The van der Waals surface area contributed by atoms with Crippen LogP contribution in [0.3, 0.4) is 0 Å². The van der Waals surface area contributed by atoms with E-state index in [9.17, 15) is 18.0 Å². The third-order valence-electron chi connectivity index (χ3n) is 4.04. The Morgan fingerprint density at radius 3 is 2.48 bits per heavy atom. The number of amides is 3. The number of likely N-dealkylation sites (tertiary alicyclic amines) is 1. The summed E-state index contributed by atoms with van der Waals surface area (Å²) in [6.07, 6.45) is 2.23. The third kappa shape index (κ3) is 3.64. The average Bonchev–Trinajstić information content (AvgIpc) is 3.23. The van der Waals surface area contributed by atoms with E-state index in [0.29, 0.717) is 12.6 Å². The summed E-state index contributed by atoms with van der Waals surface area (Å²) in [7, 11) is -3.91. The van der Waals surface area contributed by atoms with Crippen molar-refractivity contribution in [3.05, 3.63) is 29.8 Å². The molecule has 0 spiro atoms. The van der Waals surface area contributed by atoms with Gasteiger partial charge < -0.3 is 10.2 Å². The number of hydrogen-bond donors (Lipinski definition) is 2. The Bertz CT molecular complexity index is 726. The van der Waals surface area contributed by atoms with Crippen molar-refractivity contribution in [3.8, 4) is 0 Å². The summed E-state index contributed by atoms with van der Waals surface area (Å²) in [5.74, 6) is 0.0131. The van der Waals surface area contributed by atoms with Crippen LogP contribution in [0.4, 0.5) is 4.79 Å². The number of aryl methyl sites for hydroxylation is 1. The van der Waals surface area contributed by atoms with E-state index in [1.165, 1.54) is 12.1 Å². The van der Waals surface area contributed by atoms with Crippen LogP contribution >= 0.6 is 0 Å². The lowest BCUT2D eigenvalue weighted by Crippen LogP contribution is -2.45. The van der Waals surface area contributed by atoms with Crippen molar-refractivity contribution in [2.45, 2.75) is 43.2 Å². The minimum atomic E-state index is -3.91. The summed E-state index contributed by atoms with van der Waals surface area (Å²) in [5.41, 5.74) is 0.929. The summed E-state index contributed by atoms with van der Waals surface area (Å²) >= 11 is 0. The van der Waals surface area contributed by atoms with Gasteiger partial charge in [0.2, 0.25) is 5.91 Å². The lowest BCUT2D eigenvalue weighted by atomic mass is 10.2. The van der Waals surface area contributed by atoms with Gasteiger partial charge in [-0.2, -0.15) is 0 Å². The fourth-order valence-corrected chi connectivity index (χ4v) is 3.60. The summed E-state index contributed by atoms with van der Waals surface area (Å²) in [6.45, 7) is 2.29. The van der Waals surface area contributed by atoms with E-state index in [1.807, 2.05) is 11.6 Å². The number of carbonyl (C=O) groups is 2. The number of benzene rings is 1. The molecule has 1 heterocycles. The number of hydrogen-bond acceptors (Lipinski definition) is 4. The molecule has 1 atom stereocenters. The molecule has 1 aromatic rings. The van der Waals surface area contributed by atoms with Crippen molar-refractivity contribution in [2.75, 3.05) is 6.54 Å². The molecule has 1 aliphatic carbocycles. The first-order valence-corrected chi connectivity index (χ1v) is 9.03. The maximum Gasteiger partial charge on any atom is 0.328 e. The molecule has 1 unspecified atom stereocenters. The molecule has 3 rings (SSSR count). The summed E-state index contributed by atoms with van der Waals surface area (Å²) in [4.78, 5) is 25.5. The highest BCUT2D eigenvalue weighted by molar-refractivity contribution is 7.90. The zero-order valence-corrected chi connectivity index (χ0v) is 13.6. The lowest BCUT2D eigenvalue weighted by molar-refractivity contribution is -0.128. The molecule has 1 saturated heterocycles. The molecular weight excluding hydrogens is 318 g/mol. The van der Waals surface area contributed by atoms with Crippen LogP contribution in [0.25, 0.3) is 0 Å². The number of sulfonamides is 1. The fourth-order valence-electron chi connectivity index (χ4n) is 2.68. The van der Waals surface area contributed by atoms with Crippen LogP contribution in [-0.2, 0) is 14.8 Å². The predicted octanol–water partition coefficient (Wildman–Crippen LogP) is 0.746. The quantitative estimate of drug-likeness (QED) is 0.847. The van der Waals surface area contributed by atoms with Gasteiger partial charge in [0.1, 0.15) is 0 Å². The van der Waals surface area contributed by atoms with Gasteiger partial charge in [0.25, 0.3) is 10.0 Å². The van der Waals surface area contributed by atoms with Crippen LogP contribution in [0.15, 0.2) is 29.2 Å². The van der Waals surface area contributed by atoms with Crippen LogP contribution in [0, 0.1) is 6.92 Å². The molecule has 3 amide bonds. The topological polar surface area (TPSA) is 95.6 Å². The molecule has 2 fully saturated rings. The van der Waals surface area contributed by atoms with Crippen molar-refractivity contribution in [1.29, 1.82) is 0 Å². The van der Waals surface area contributed by atoms with Crippen LogP contribution < -0.4 is 10.0 Å². The molecule has 7 nitrogen and oxygen atoms in total. The minimum absolute atomic E-state index is 0.0131. The fraction of sp³-hybridized carbons (Fsp3) is 0.467. The van der Waals surface area contributed by atoms with Gasteiger partial charge in [0, 0.05) is 19.0 Å². The summed E-state index contributed by atoms with van der Waals surface area (Å²) in [6, 6.07) is 5.36. The monoisotopic (exact) mass is 337 g/mol. The summed E-state index contributed by atoms with van der Waals surface area (Å²) in [5, 5.41) is 2.57. The standard InChI is InChI=1S/C15H19N3O4S/c1-10-2-6-13(7-3-10)23(21,22)17-15(20)16-11-8-14(19)18(9-11)12-4-5-12/h2-3,6-7,11-12H,4-5,8-9H2,1H3,(H2,16,17,20). The number of nitrogens with zero attached hydrogens (tertiary/aromatic N) is 1. The van der Waals surface area contributed by atoms with E-state index in [1.54, 1.807) is 17.0 Å². The van der Waals surface area contributed by atoms with Crippen LogP contribution in [-0.4, -0.2) is 43.9 Å². The van der Waals surface area contributed by atoms with Gasteiger partial charge in [-0.15, -0.1) is 0 Å². The highest BCUT2D eigenvalue weighted by atomic mass is 32.2. The molecule has 8 heteroatoms. The highest BCUT2D eigenvalue weighted by Crippen LogP contribution is 2.30. The number of nitrogens with one attached hydrogen (secondary N) is 2. The zero-order valence-electron chi connectivity index (χ0n) is 12.8. The molecule has 23 heavy (non-hydrogen) atoms. The second-order valence-electron chi connectivity index (χ2n) is 6.07. The Hall–Kier alpha value is -2.09. The van der Waals surface area contributed by atoms with Crippen LogP contribution in [0.2, 0.25) is 0 Å². The van der Waals surface area contributed by atoms with Gasteiger partial charge >= 0.3 is 6.03 Å². The van der Waals surface area contributed by atoms with Gasteiger partial charge in [0.05, 0.1) is 10.9 Å². The SMILES string of the molecule is Cc1ccc(S(=O)(=O)NC(=O)NC2CC(=O)N(C3CC3)C2)cc1. The van der Waals surface area contributed by atoms with E-state index in [0.717, 1.165) is 18.4 Å². The van der Waals surface area contributed by atoms with Crippen molar-refractivity contribution >= 4 is 22.0 Å². The first-order valence-electron chi connectivity index (χ1n) is 7.54.